The summed E-state index contributed by atoms with van der Waals surface area (Å²) < 4.78 is 11.5. The summed E-state index contributed by atoms with van der Waals surface area (Å²) in [5.74, 6) is 0. The first kappa shape index (κ1) is 17.8. The summed E-state index contributed by atoms with van der Waals surface area (Å²) in [6.45, 7) is 0. The van der Waals surface area contributed by atoms with Crippen molar-refractivity contribution in [3.8, 4) is 11.1 Å². The van der Waals surface area contributed by atoms with E-state index in [1.807, 2.05) is 62.4 Å². The van der Waals surface area contributed by atoms with Crippen LogP contribution in [-0.2, 0) is 4.74 Å². The Hall–Kier alpha value is -3.31. The van der Waals surface area contributed by atoms with Crippen molar-refractivity contribution in [3.63, 3.8) is 0 Å². The van der Waals surface area contributed by atoms with E-state index in [4.69, 9.17) is 9.15 Å². The van der Waals surface area contributed by atoms with E-state index in [2.05, 4.69) is 23.1 Å². The molecule has 0 bridgehead atoms. The van der Waals surface area contributed by atoms with E-state index in [0.29, 0.717) is 11.0 Å². The maximum Gasteiger partial charge on any atom is 0.344 e. The van der Waals surface area contributed by atoms with Crippen LogP contribution in [0.5, 0.6) is 0 Å². The van der Waals surface area contributed by atoms with Crippen LogP contribution in [0.3, 0.4) is 0 Å². The van der Waals surface area contributed by atoms with Crippen molar-refractivity contribution in [2.24, 2.45) is 0 Å². The zero-order valence-electron chi connectivity index (χ0n) is 16.9. The minimum atomic E-state index is -0.331. The van der Waals surface area contributed by atoms with Gasteiger partial charge in [0.15, 0.2) is 6.23 Å². The van der Waals surface area contributed by atoms with Gasteiger partial charge in [-0.15, -0.1) is 0 Å². The first-order chi connectivity index (χ1) is 14.0. The molecule has 0 saturated heterocycles. The molecule has 0 saturated carbocycles. The van der Waals surface area contributed by atoms with E-state index in [-0.39, 0.29) is 11.9 Å². The van der Waals surface area contributed by atoms with Crippen molar-refractivity contribution in [2.75, 3.05) is 38.1 Å². The fourth-order valence-corrected chi connectivity index (χ4v) is 4.33. The van der Waals surface area contributed by atoms with Crippen molar-refractivity contribution in [1.29, 1.82) is 0 Å². The Morgan fingerprint density at radius 3 is 2.52 bits per heavy atom. The summed E-state index contributed by atoms with van der Waals surface area (Å²) in [6, 6.07) is 18.3. The van der Waals surface area contributed by atoms with Crippen LogP contribution in [-0.4, -0.2) is 28.3 Å². The van der Waals surface area contributed by atoms with Gasteiger partial charge in [0.2, 0.25) is 0 Å². The Kier molecular flexibility index (Phi) is 3.89. The van der Waals surface area contributed by atoms with Crippen LogP contribution in [0.15, 0.2) is 63.8 Å². The maximum absolute atomic E-state index is 12.8. The lowest BCUT2D eigenvalue weighted by molar-refractivity contribution is 0.103. The summed E-state index contributed by atoms with van der Waals surface area (Å²) >= 11 is 0. The van der Waals surface area contributed by atoms with E-state index in [1.54, 1.807) is 7.11 Å². The Labute approximate surface area is 168 Å². The summed E-state index contributed by atoms with van der Waals surface area (Å²) in [7, 11) is 7.63. The van der Waals surface area contributed by atoms with Crippen LogP contribution in [0.25, 0.3) is 32.9 Å². The fourth-order valence-electron chi connectivity index (χ4n) is 4.33. The van der Waals surface area contributed by atoms with Gasteiger partial charge in [0.05, 0.1) is 5.39 Å². The second-order valence-electron chi connectivity index (χ2n) is 7.67. The van der Waals surface area contributed by atoms with Crippen molar-refractivity contribution in [2.45, 2.75) is 6.23 Å². The smallest absolute Gasteiger partial charge is 0.344 e. The number of nitrogens with zero attached hydrogens (tertiary/aromatic N) is 2. The molecule has 1 unspecified atom stereocenters. The SMILES string of the molecule is COC1c2cc3c(=O)oc4cc(N(C)C)ccc4c3cc2-c2ccccc2N1C. The molecule has 5 rings (SSSR count). The first-order valence-corrected chi connectivity index (χ1v) is 9.56. The molecule has 0 spiro atoms. The molecule has 0 N–H and O–H groups in total. The van der Waals surface area contributed by atoms with E-state index in [1.165, 1.54) is 0 Å². The Balaban J connectivity index is 1.88. The van der Waals surface area contributed by atoms with Crippen molar-refractivity contribution >= 4 is 33.1 Å². The molecule has 146 valence electrons. The van der Waals surface area contributed by atoms with Crippen LogP contribution < -0.4 is 15.4 Å². The molecule has 0 aliphatic carbocycles. The van der Waals surface area contributed by atoms with Gasteiger partial charge < -0.3 is 19.0 Å². The predicted molar refractivity (Wildman–Crippen MR) is 118 cm³/mol. The molecule has 1 aliphatic heterocycles. The Bertz CT molecular complexity index is 1320. The zero-order valence-corrected chi connectivity index (χ0v) is 16.9. The van der Waals surface area contributed by atoms with Gasteiger partial charge in [0.25, 0.3) is 0 Å². The number of para-hydroxylation sites is 1. The topological polar surface area (TPSA) is 45.9 Å². The molecule has 0 radical (unpaired) electrons. The number of fused-ring (bicyclic) bond motifs is 6. The van der Waals surface area contributed by atoms with Gasteiger partial charge in [0, 0.05) is 67.6 Å². The van der Waals surface area contributed by atoms with Gasteiger partial charge in [-0.2, -0.15) is 0 Å². The number of hydrogen-bond acceptors (Lipinski definition) is 5. The van der Waals surface area contributed by atoms with E-state index >= 15 is 0 Å². The van der Waals surface area contributed by atoms with Crippen molar-refractivity contribution in [1.82, 2.24) is 0 Å². The van der Waals surface area contributed by atoms with Crippen molar-refractivity contribution < 1.29 is 9.15 Å². The van der Waals surface area contributed by atoms with Gasteiger partial charge >= 0.3 is 5.63 Å². The third-order valence-corrected chi connectivity index (χ3v) is 5.80. The maximum atomic E-state index is 12.8. The van der Waals surface area contributed by atoms with Gasteiger partial charge in [0.1, 0.15) is 5.58 Å². The Morgan fingerprint density at radius 2 is 1.76 bits per heavy atom. The molecular formula is C24H22N2O3. The highest BCUT2D eigenvalue weighted by Gasteiger charge is 2.29. The zero-order chi connectivity index (χ0) is 20.3. The largest absolute Gasteiger partial charge is 0.422 e. The van der Waals surface area contributed by atoms with E-state index < -0.39 is 0 Å². The quantitative estimate of drug-likeness (QED) is 0.367. The van der Waals surface area contributed by atoms with Gasteiger partial charge in [-0.3, -0.25) is 0 Å². The lowest BCUT2D eigenvalue weighted by Gasteiger charge is -2.36. The third-order valence-electron chi connectivity index (χ3n) is 5.80. The first-order valence-electron chi connectivity index (χ1n) is 9.56. The molecule has 3 aromatic carbocycles. The lowest BCUT2D eigenvalue weighted by Crippen LogP contribution is -2.29. The molecular weight excluding hydrogens is 364 g/mol. The molecule has 0 amide bonds. The summed E-state index contributed by atoms with van der Waals surface area (Å²) in [5, 5.41) is 2.40. The number of rotatable bonds is 2. The number of benzene rings is 3. The normalized spacial score (nSPS) is 15.4. The number of methoxy groups -OCH3 is 1. The lowest BCUT2D eigenvalue weighted by atomic mass is 9.89. The van der Waals surface area contributed by atoms with E-state index in [0.717, 1.165) is 38.8 Å². The summed E-state index contributed by atoms with van der Waals surface area (Å²) in [4.78, 5) is 16.9. The highest BCUT2D eigenvalue weighted by molar-refractivity contribution is 6.07. The Morgan fingerprint density at radius 1 is 0.966 bits per heavy atom. The highest BCUT2D eigenvalue weighted by Crippen LogP contribution is 2.45. The van der Waals surface area contributed by atoms with Crippen LogP contribution in [0, 0.1) is 0 Å². The fraction of sp³-hybridized carbons (Fsp3) is 0.208. The standard InChI is InChI=1S/C24H22N2O3/c1-25(2)14-9-10-16-18-12-17-15-7-5-6-8-21(15)26(3)23(28-4)19(17)13-20(18)24(27)29-22(16)11-14/h5-13,23H,1-4H3. The monoisotopic (exact) mass is 386 g/mol. The van der Waals surface area contributed by atoms with Gasteiger partial charge in [-0.25, -0.2) is 4.79 Å². The average molecular weight is 386 g/mol. The minimum Gasteiger partial charge on any atom is -0.422 e. The minimum absolute atomic E-state index is 0.268. The highest BCUT2D eigenvalue weighted by atomic mass is 16.5. The number of hydrogen-bond donors (Lipinski definition) is 0. The van der Waals surface area contributed by atoms with Crippen LogP contribution >= 0.6 is 0 Å². The van der Waals surface area contributed by atoms with Crippen LogP contribution in [0.1, 0.15) is 11.8 Å². The second-order valence-corrected chi connectivity index (χ2v) is 7.67. The molecule has 4 aromatic rings. The van der Waals surface area contributed by atoms with Crippen molar-refractivity contribution in [3.05, 3.63) is 70.6 Å². The second kappa shape index (κ2) is 6.36. The molecule has 0 fully saturated rings. The van der Waals surface area contributed by atoms with E-state index in [9.17, 15) is 4.79 Å². The number of anilines is 2. The van der Waals surface area contributed by atoms with Gasteiger partial charge in [-0.1, -0.05) is 18.2 Å². The molecule has 2 heterocycles. The van der Waals surface area contributed by atoms with Crippen LogP contribution in [0.4, 0.5) is 11.4 Å². The molecule has 29 heavy (non-hydrogen) atoms. The molecule has 1 aromatic heterocycles. The molecule has 5 heteroatoms. The predicted octanol–water partition coefficient (Wildman–Crippen LogP) is 4.77. The van der Waals surface area contributed by atoms with Crippen LogP contribution in [0.2, 0.25) is 0 Å². The summed E-state index contributed by atoms with van der Waals surface area (Å²) in [5.41, 5.74) is 5.55. The average Bonchev–Trinajstić information content (AvgIpc) is 2.73. The summed E-state index contributed by atoms with van der Waals surface area (Å²) in [6.07, 6.45) is -0.268. The van der Waals surface area contributed by atoms with Gasteiger partial charge in [-0.05, 0) is 35.9 Å². The molecule has 1 aliphatic rings. The molecule has 5 nitrogen and oxygen atoms in total. The third kappa shape index (κ3) is 2.54. The number of ether oxygens (including phenoxy) is 1. The molecule has 1 atom stereocenters.